The fourth-order valence-electron chi connectivity index (χ4n) is 3.49. The van der Waals surface area contributed by atoms with Gasteiger partial charge in [-0.2, -0.15) is 0 Å². The van der Waals surface area contributed by atoms with Crippen molar-refractivity contribution in [2.45, 2.75) is 45.3 Å². The summed E-state index contributed by atoms with van der Waals surface area (Å²) in [4.78, 5) is 13.6. The van der Waals surface area contributed by atoms with Gasteiger partial charge >= 0.3 is 0 Å². The number of anilines is 1. The van der Waals surface area contributed by atoms with Crippen molar-refractivity contribution in [3.63, 3.8) is 0 Å². The Hall–Kier alpha value is -2.00. The molecule has 0 bridgehead atoms. The molecule has 1 aliphatic rings. The number of morpholine rings is 1. The van der Waals surface area contributed by atoms with Crippen molar-refractivity contribution in [1.82, 2.24) is 9.97 Å². The van der Waals surface area contributed by atoms with Crippen LogP contribution in [0, 0.1) is 0 Å². The summed E-state index contributed by atoms with van der Waals surface area (Å²) < 4.78 is 13.2. The third kappa shape index (κ3) is 4.83. The van der Waals surface area contributed by atoms with Gasteiger partial charge in [0.25, 0.3) is 0 Å². The van der Waals surface area contributed by atoms with E-state index in [1.165, 1.54) is 4.88 Å². The second-order valence-electron chi connectivity index (χ2n) is 9.83. The second kappa shape index (κ2) is 9.09. The van der Waals surface area contributed by atoms with Crippen LogP contribution in [0.25, 0.3) is 21.6 Å². The predicted molar refractivity (Wildman–Crippen MR) is 136 cm³/mol. The Morgan fingerprint density at radius 3 is 2.59 bits per heavy atom. The lowest BCUT2D eigenvalue weighted by atomic mass is 10.2. The van der Waals surface area contributed by atoms with Gasteiger partial charge in [-0.05, 0) is 49.3 Å². The summed E-state index contributed by atoms with van der Waals surface area (Å²) in [6.45, 7) is 15.0. The Labute approximate surface area is 195 Å². The number of nitrogens with zero attached hydrogens (tertiary/aromatic N) is 3. The Morgan fingerprint density at radius 1 is 1.16 bits per heavy atom. The van der Waals surface area contributed by atoms with Crippen LogP contribution < -0.4 is 15.1 Å². The summed E-state index contributed by atoms with van der Waals surface area (Å²) in [5.74, 6) is 2.62. The van der Waals surface area contributed by atoms with Crippen LogP contribution in [0.2, 0.25) is 18.1 Å². The van der Waals surface area contributed by atoms with Crippen LogP contribution in [0.1, 0.15) is 25.6 Å². The van der Waals surface area contributed by atoms with E-state index in [4.69, 9.17) is 24.9 Å². The molecule has 1 aliphatic heterocycles. The van der Waals surface area contributed by atoms with E-state index >= 15 is 0 Å². The van der Waals surface area contributed by atoms with Crippen LogP contribution in [0.5, 0.6) is 5.75 Å². The second-order valence-corrected chi connectivity index (χ2v) is 15.7. The number of hydrogen-bond acceptors (Lipinski definition) is 7. The number of benzene rings is 1. The van der Waals surface area contributed by atoms with Gasteiger partial charge in [-0.15, -0.1) is 11.3 Å². The van der Waals surface area contributed by atoms with Crippen molar-refractivity contribution in [2.75, 3.05) is 37.7 Å². The first kappa shape index (κ1) is 23.2. The molecular weight excluding hydrogens is 436 g/mol. The van der Waals surface area contributed by atoms with Crippen LogP contribution in [0.4, 0.5) is 5.82 Å². The Balaban J connectivity index is 1.75. The quantitative estimate of drug-likeness (QED) is 0.507. The van der Waals surface area contributed by atoms with Crippen LogP contribution >= 0.6 is 11.3 Å². The van der Waals surface area contributed by atoms with E-state index in [0.717, 1.165) is 65.9 Å². The number of thiophene rings is 1. The van der Waals surface area contributed by atoms with Crippen LogP contribution in [0.15, 0.2) is 30.3 Å². The molecule has 0 aliphatic carbocycles. The number of ether oxygens (including phenoxy) is 1. The Bertz CT molecular complexity index is 1090. The highest BCUT2D eigenvalue weighted by molar-refractivity contribution is 7.19. The van der Waals surface area contributed by atoms with Crippen LogP contribution in [-0.2, 0) is 11.2 Å². The summed E-state index contributed by atoms with van der Waals surface area (Å²) in [5.41, 5.74) is 7.78. The number of fused-ring (bicyclic) bond motifs is 1. The molecule has 4 rings (SSSR count). The highest BCUT2D eigenvalue weighted by atomic mass is 32.1. The molecule has 0 radical (unpaired) electrons. The molecule has 3 heterocycles. The summed E-state index contributed by atoms with van der Waals surface area (Å²) in [7, 11) is -1.93. The largest absolute Gasteiger partial charge is 0.543 e. The van der Waals surface area contributed by atoms with Crippen molar-refractivity contribution in [1.29, 1.82) is 0 Å². The molecule has 2 aromatic heterocycles. The van der Waals surface area contributed by atoms with Gasteiger partial charge in [0.05, 0.1) is 23.4 Å². The number of nitrogens with two attached hydrogens (primary N) is 1. The summed E-state index contributed by atoms with van der Waals surface area (Å²) in [5, 5.41) is 0.137. The van der Waals surface area contributed by atoms with E-state index < -0.39 is 8.32 Å². The molecule has 8 heteroatoms. The van der Waals surface area contributed by atoms with E-state index in [-0.39, 0.29) is 5.04 Å². The molecule has 3 aromatic rings. The van der Waals surface area contributed by atoms with E-state index in [9.17, 15) is 0 Å². The molecule has 0 atom stereocenters. The molecule has 172 valence electrons. The highest BCUT2D eigenvalue weighted by Gasteiger charge is 2.39. The molecule has 2 N–H and O–H groups in total. The number of hydrogen-bond donors (Lipinski definition) is 1. The average molecular weight is 471 g/mol. The first-order valence-electron chi connectivity index (χ1n) is 11.3. The van der Waals surface area contributed by atoms with E-state index in [0.29, 0.717) is 6.54 Å². The summed E-state index contributed by atoms with van der Waals surface area (Å²) in [6, 6.07) is 10.4. The van der Waals surface area contributed by atoms with Crippen molar-refractivity contribution in [2.24, 2.45) is 5.73 Å². The molecular formula is C24H34N4O2SSi. The predicted octanol–water partition coefficient (Wildman–Crippen LogP) is 5.08. The highest BCUT2D eigenvalue weighted by Crippen LogP contribution is 2.39. The molecule has 0 saturated carbocycles. The van der Waals surface area contributed by atoms with Gasteiger partial charge in [0, 0.05) is 23.5 Å². The van der Waals surface area contributed by atoms with Crippen molar-refractivity contribution in [3.05, 3.63) is 35.2 Å². The topological polar surface area (TPSA) is 73.5 Å². The van der Waals surface area contributed by atoms with Gasteiger partial charge in [0.1, 0.15) is 5.75 Å². The fourth-order valence-corrected chi connectivity index (χ4v) is 5.64. The minimum absolute atomic E-state index is 0.137. The van der Waals surface area contributed by atoms with Gasteiger partial charge in [-0.1, -0.05) is 32.9 Å². The summed E-state index contributed by atoms with van der Waals surface area (Å²) in [6.07, 6.45) is 0.856. The first-order chi connectivity index (χ1) is 15.2. The van der Waals surface area contributed by atoms with Gasteiger partial charge in [-0.25, -0.2) is 9.97 Å². The Kier molecular flexibility index (Phi) is 6.58. The smallest absolute Gasteiger partial charge is 0.250 e. The maximum Gasteiger partial charge on any atom is 0.250 e. The van der Waals surface area contributed by atoms with E-state index in [2.05, 4.69) is 57.0 Å². The minimum atomic E-state index is -1.93. The molecule has 1 fully saturated rings. The molecule has 6 nitrogen and oxygen atoms in total. The number of rotatable bonds is 6. The molecule has 0 spiro atoms. The third-order valence-electron chi connectivity index (χ3n) is 6.38. The van der Waals surface area contributed by atoms with Gasteiger partial charge in [0.15, 0.2) is 11.6 Å². The monoisotopic (exact) mass is 470 g/mol. The van der Waals surface area contributed by atoms with Crippen LogP contribution in [0.3, 0.4) is 0 Å². The lowest BCUT2D eigenvalue weighted by Crippen LogP contribution is -2.43. The minimum Gasteiger partial charge on any atom is -0.543 e. The van der Waals surface area contributed by atoms with Gasteiger partial charge < -0.3 is 19.8 Å². The van der Waals surface area contributed by atoms with E-state index in [1.807, 2.05) is 12.1 Å². The molecule has 32 heavy (non-hydrogen) atoms. The van der Waals surface area contributed by atoms with E-state index in [1.54, 1.807) is 11.3 Å². The van der Waals surface area contributed by atoms with Gasteiger partial charge in [-0.3, -0.25) is 0 Å². The fraction of sp³-hybridized carbons (Fsp3) is 0.500. The molecule has 1 aromatic carbocycles. The summed E-state index contributed by atoms with van der Waals surface area (Å²) >= 11 is 1.75. The SMILES string of the molecule is CC(C)(C)[Si](C)(C)Oc1cccc(-c2nc(N3CCOCC3)c3sc(CCN)cc3n2)c1. The van der Waals surface area contributed by atoms with Crippen molar-refractivity contribution < 1.29 is 9.16 Å². The first-order valence-corrected chi connectivity index (χ1v) is 15.0. The zero-order chi connectivity index (χ0) is 22.9. The number of aromatic nitrogens is 2. The Morgan fingerprint density at radius 2 is 1.91 bits per heavy atom. The maximum absolute atomic E-state index is 6.54. The van der Waals surface area contributed by atoms with Gasteiger partial charge in [0.2, 0.25) is 8.32 Å². The van der Waals surface area contributed by atoms with Crippen molar-refractivity contribution >= 4 is 35.7 Å². The van der Waals surface area contributed by atoms with Crippen molar-refractivity contribution in [3.8, 4) is 17.1 Å². The lowest BCUT2D eigenvalue weighted by molar-refractivity contribution is 0.122. The molecule has 0 unspecified atom stereocenters. The molecule has 0 amide bonds. The average Bonchev–Trinajstić information content (AvgIpc) is 3.15. The normalized spacial score (nSPS) is 15.4. The standard InChI is InChI=1S/C24H34N4O2SSi/c1-24(2,3)32(4,5)30-18-8-6-7-17(15-18)22-26-20-16-19(9-10-25)31-21(20)23(27-22)28-11-13-29-14-12-28/h6-8,15-16H,9-14,25H2,1-5H3. The zero-order valence-corrected chi connectivity index (χ0v) is 21.6. The maximum atomic E-state index is 6.54. The zero-order valence-electron chi connectivity index (χ0n) is 19.8. The van der Waals surface area contributed by atoms with Crippen LogP contribution in [-0.4, -0.2) is 51.1 Å². The molecule has 1 saturated heterocycles. The third-order valence-corrected chi connectivity index (χ3v) is 11.9. The lowest BCUT2D eigenvalue weighted by Gasteiger charge is -2.36.